The summed E-state index contributed by atoms with van der Waals surface area (Å²) in [5.41, 5.74) is 2.19. The highest BCUT2D eigenvalue weighted by Gasteiger charge is 2.21. The first-order valence-electron chi connectivity index (χ1n) is 9.09. The molecule has 1 N–H and O–H groups in total. The molecule has 0 fully saturated rings. The summed E-state index contributed by atoms with van der Waals surface area (Å²) in [6, 6.07) is 10.2. The molecule has 0 radical (unpaired) electrons. The average Bonchev–Trinajstić information content (AvgIpc) is 3.29. The van der Waals surface area contributed by atoms with Gasteiger partial charge in [0.1, 0.15) is 5.65 Å². The van der Waals surface area contributed by atoms with Gasteiger partial charge in [0, 0.05) is 44.5 Å². The van der Waals surface area contributed by atoms with Crippen molar-refractivity contribution in [3.8, 4) is 0 Å². The summed E-state index contributed by atoms with van der Waals surface area (Å²) < 4.78 is 28.2. The number of fused-ring (bicyclic) bond motifs is 2. The molecule has 0 bridgehead atoms. The molecular formula is C21H14Br2Cl2N4O2S. The number of aromatic amines is 1. The summed E-state index contributed by atoms with van der Waals surface area (Å²) in [5, 5.41) is 2.77. The van der Waals surface area contributed by atoms with Gasteiger partial charge in [0.05, 0.1) is 14.9 Å². The van der Waals surface area contributed by atoms with Crippen molar-refractivity contribution in [1.29, 1.82) is 0 Å². The van der Waals surface area contributed by atoms with Gasteiger partial charge in [0.2, 0.25) is 0 Å². The largest absolute Gasteiger partial charge is 0.345 e. The number of nitrogens with one attached hydrogen (secondary N) is 1. The highest BCUT2D eigenvalue weighted by atomic mass is 79.9. The van der Waals surface area contributed by atoms with E-state index in [4.69, 9.17) is 23.2 Å². The molecule has 4 heterocycles. The summed E-state index contributed by atoms with van der Waals surface area (Å²) in [6.45, 7) is 1.90. The lowest BCUT2D eigenvalue weighted by Gasteiger charge is -2.07. The van der Waals surface area contributed by atoms with Crippen LogP contribution in [0.25, 0.3) is 22.1 Å². The van der Waals surface area contributed by atoms with Gasteiger partial charge in [-0.3, -0.25) is 0 Å². The minimum atomic E-state index is -3.69. The molecular weight excluding hydrogens is 603 g/mol. The van der Waals surface area contributed by atoms with Gasteiger partial charge >= 0.3 is 0 Å². The molecule has 0 saturated carbocycles. The van der Waals surface area contributed by atoms with Crippen molar-refractivity contribution >= 4 is 87.2 Å². The minimum absolute atomic E-state index is 0.217. The van der Waals surface area contributed by atoms with Crippen LogP contribution in [0.2, 0.25) is 10.0 Å². The van der Waals surface area contributed by atoms with Crippen molar-refractivity contribution in [2.45, 2.75) is 11.8 Å². The fraction of sp³-hybridized carbons (Fsp3) is 0.0476. The van der Waals surface area contributed by atoms with Crippen LogP contribution < -0.4 is 0 Å². The Kier molecular flexibility index (Phi) is 6.65. The van der Waals surface area contributed by atoms with Gasteiger partial charge in [-0.15, -0.1) is 0 Å². The Labute approximate surface area is 210 Å². The zero-order valence-electron chi connectivity index (χ0n) is 16.4. The Hall–Kier alpha value is -1.91. The number of nitrogens with zero attached hydrogens (tertiary/aromatic N) is 3. The van der Waals surface area contributed by atoms with Crippen LogP contribution in [0.1, 0.15) is 5.56 Å². The predicted octanol–water partition coefficient (Wildman–Crippen LogP) is 6.98. The highest BCUT2D eigenvalue weighted by Crippen LogP contribution is 2.30. The maximum Gasteiger partial charge on any atom is 0.269 e. The first-order chi connectivity index (χ1) is 15.2. The van der Waals surface area contributed by atoms with Crippen molar-refractivity contribution < 1.29 is 8.42 Å². The van der Waals surface area contributed by atoms with Crippen LogP contribution in [0.5, 0.6) is 0 Å². The molecule has 0 saturated heterocycles. The number of H-pyrrole nitrogens is 1. The molecule has 5 rings (SSSR count). The zero-order valence-corrected chi connectivity index (χ0v) is 21.9. The van der Waals surface area contributed by atoms with Gasteiger partial charge in [0.25, 0.3) is 10.0 Å². The van der Waals surface area contributed by atoms with E-state index in [0.29, 0.717) is 25.6 Å². The third-order valence-electron chi connectivity index (χ3n) is 4.55. The van der Waals surface area contributed by atoms with Crippen LogP contribution >= 0.6 is 55.1 Å². The lowest BCUT2D eigenvalue weighted by atomic mass is 10.2. The number of aryl methyl sites for hydroxylation is 1. The Morgan fingerprint density at radius 2 is 1.56 bits per heavy atom. The van der Waals surface area contributed by atoms with Gasteiger partial charge in [-0.05, 0) is 63.0 Å². The number of hydrogen-bond acceptors (Lipinski definition) is 4. The van der Waals surface area contributed by atoms with E-state index in [1.165, 1.54) is 12.4 Å². The second-order valence-electron chi connectivity index (χ2n) is 6.80. The number of aromatic nitrogens is 4. The molecule has 6 nitrogen and oxygen atoms in total. The van der Waals surface area contributed by atoms with Gasteiger partial charge in [0.15, 0.2) is 5.65 Å². The molecule has 0 amide bonds. The van der Waals surface area contributed by atoms with Crippen LogP contribution in [-0.2, 0) is 10.0 Å². The van der Waals surface area contributed by atoms with Crippen molar-refractivity contribution in [2.24, 2.45) is 0 Å². The summed E-state index contributed by atoms with van der Waals surface area (Å²) in [6.07, 6.45) is 6.38. The number of hydrogen-bond donors (Lipinski definition) is 1. The van der Waals surface area contributed by atoms with Crippen molar-refractivity contribution in [3.05, 3.63) is 85.7 Å². The number of rotatable bonds is 2. The fourth-order valence-electron chi connectivity index (χ4n) is 2.97. The van der Waals surface area contributed by atoms with Gasteiger partial charge in [-0.1, -0.05) is 40.9 Å². The van der Waals surface area contributed by atoms with E-state index >= 15 is 0 Å². The number of benzene rings is 1. The number of halogens is 4. The maximum absolute atomic E-state index is 12.7. The molecule has 11 heteroatoms. The van der Waals surface area contributed by atoms with Gasteiger partial charge < -0.3 is 4.98 Å². The Morgan fingerprint density at radius 1 is 0.938 bits per heavy atom. The average molecular weight is 617 g/mol. The first-order valence-corrected chi connectivity index (χ1v) is 12.9. The second kappa shape index (κ2) is 9.15. The minimum Gasteiger partial charge on any atom is -0.345 e. The molecule has 5 aromatic rings. The third kappa shape index (κ3) is 4.58. The maximum atomic E-state index is 12.7. The molecule has 0 aliphatic heterocycles. The van der Waals surface area contributed by atoms with E-state index in [0.717, 1.165) is 25.0 Å². The molecule has 0 spiro atoms. The Bertz CT molecular complexity index is 1550. The summed E-state index contributed by atoms with van der Waals surface area (Å²) in [5.74, 6) is 0. The lowest BCUT2D eigenvalue weighted by Crippen LogP contribution is -2.12. The molecule has 32 heavy (non-hydrogen) atoms. The van der Waals surface area contributed by atoms with Crippen molar-refractivity contribution in [2.75, 3.05) is 0 Å². The van der Waals surface area contributed by atoms with Crippen LogP contribution in [0.15, 0.2) is 75.0 Å². The van der Waals surface area contributed by atoms with Crippen LogP contribution in [0.4, 0.5) is 0 Å². The molecule has 4 aromatic heterocycles. The van der Waals surface area contributed by atoms with Crippen LogP contribution in [0, 0.1) is 6.92 Å². The molecule has 1 aromatic carbocycles. The van der Waals surface area contributed by atoms with Gasteiger partial charge in [-0.2, -0.15) is 0 Å². The first kappa shape index (κ1) is 23.3. The Morgan fingerprint density at radius 3 is 2.25 bits per heavy atom. The van der Waals surface area contributed by atoms with Crippen molar-refractivity contribution in [1.82, 2.24) is 18.9 Å². The normalized spacial score (nSPS) is 11.5. The van der Waals surface area contributed by atoms with E-state index in [9.17, 15) is 8.42 Å². The van der Waals surface area contributed by atoms with Gasteiger partial charge in [-0.25, -0.2) is 22.4 Å². The molecule has 0 atom stereocenters. The van der Waals surface area contributed by atoms with E-state index in [2.05, 4.69) is 46.8 Å². The monoisotopic (exact) mass is 614 g/mol. The summed E-state index contributed by atoms with van der Waals surface area (Å²) in [4.78, 5) is 11.4. The Balaban J connectivity index is 0.000000186. The third-order valence-corrected chi connectivity index (χ3v) is 7.92. The van der Waals surface area contributed by atoms with E-state index in [-0.39, 0.29) is 4.90 Å². The predicted molar refractivity (Wildman–Crippen MR) is 135 cm³/mol. The quantitative estimate of drug-likeness (QED) is 0.232. The van der Waals surface area contributed by atoms with Crippen LogP contribution in [0.3, 0.4) is 0 Å². The summed E-state index contributed by atoms with van der Waals surface area (Å²) >= 11 is 18.4. The standard InChI is InChI=1S/C14H10BrClN2O2S.C7H4BrClN2/c1-9-2-4-11(5-3-9)21(19,20)18-8-13(15)12-6-10(16)7-17-14(12)18;8-6-3-11-7-5(6)1-4(9)2-10-7/h2-8H,1H3;1-3H,(H,10,11). The van der Waals surface area contributed by atoms with Crippen molar-refractivity contribution in [3.63, 3.8) is 0 Å². The van der Waals surface area contributed by atoms with E-state index < -0.39 is 10.0 Å². The smallest absolute Gasteiger partial charge is 0.269 e. The fourth-order valence-corrected chi connectivity index (χ4v) is 5.66. The highest BCUT2D eigenvalue weighted by molar-refractivity contribution is 9.11. The second-order valence-corrected chi connectivity index (χ2v) is 11.2. The topological polar surface area (TPSA) is 80.6 Å². The van der Waals surface area contributed by atoms with E-state index in [1.807, 2.05) is 19.2 Å². The molecule has 0 unspecified atom stereocenters. The molecule has 164 valence electrons. The number of pyridine rings is 2. The molecule has 0 aliphatic carbocycles. The lowest BCUT2D eigenvalue weighted by molar-refractivity contribution is 0.588. The zero-order chi connectivity index (χ0) is 23.0. The molecule has 0 aliphatic rings. The van der Waals surface area contributed by atoms with E-state index in [1.54, 1.807) is 36.5 Å². The SMILES string of the molecule is Cc1ccc(S(=O)(=O)n2cc(Br)c3cc(Cl)cnc32)cc1.Clc1cnc2[nH]cc(Br)c2c1. The summed E-state index contributed by atoms with van der Waals surface area (Å²) in [7, 11) is -3.69. The van der Waals surface area contributed by atoms with Crippen LogP contribution in [-0.4, -0.2) is 27.3 Å².